The Morgan fingerprint density at radius 3 is 2.57 bits per heavy atom. The van der Waals surface area contributed by atoms with Crippen LogP contribution in [0.1, 0.15) is 11.1 Å². The number of morpholine rings is 1. The van der Waals surface area contributed by atoms with Gasteiger partial charge in [-0.15, -0.1) is 12.4 Å². The van der Waals surface area contributed by atoms with Crippen molar-refractivity contribution in [2.45, 2.75) is 18.0 Å². The van der Waals surface area contributed by atoms with E-state index in [2.05, 4.69) is 0 Å². The first-order chi connectivity index (χ1) is 10.2. The molecule has 0 amide bonds. The van der Waals surface area contributed by atoms with E-state index in [0.717, 1.165) is 10.4 Å². The van der Waals surface area contributed by atoms with Crippen LogP contribution in [0, 0.1) is 0 Å². The second-order valence-corrected chi connectivity index (χ2v) is 6.97. The normalized spacial score (nSPS) is 20.1. The van der Waals surface area contributed by atoms with Gasteiger partial charge in [0.15, 0.2) is 0 Å². The summed E-state index contributed by atoms with van der Waals surface area (Å²) in [4.78, 5) is 0. The zero-order valence-corrected chi connectivity index (χ0v) is 13.8. The lowest BCUT2D eigenvalue weighted by Crippen LogP contribution is -2.48. The summed E-state index contributed by atoms with van der Waals surface area (Å²) in [7, 11) is -3.86. The van der Waals surface area contributed by atoms with Crippen LogP contribution in [0.2, 0.25) is 0 Å². The average molecular weight is 375 g/mol. The third-order valence-corrected chi connectivity index (χ3v) is 5.21. The highest BCUT2D eigenvalue weighted by atomic mass is 35.5. The first-order valence-electron chi connectivity index (χ1n) is 6.68. The summed E-state index contributed by atoms with van der Waals surface area (Å²) in [6.07, 6.45) is -5.02. The minimum Gasteiger partial charge on any atom is -0.374 e. The minimum absolute atomic E-state index is 0. The fourth-order valence-corrected chi connectivity index (χ4v) is 3.87. The van der Waals surface area contributed by atoms with Crippen LogP contribution in [0.5, 0.6) is 0 Å². The Morgan fingerprint density at radius 1 is 1.30 bits per heavy atom. The van der Waals surface area contributed by atoms with Crippen LogP contribution in [0.3, 0.4) is 0 Å². The average Bonchev–Trinajstić information content (AvgIpc) is 2.46. The fourth-order valence-electron chi connectivity index (χ4n) is 2.30. The molecule has 0 radical (unpaired) electrons. The minimum atomic E-state index is -4.59. The van der Waals surface area contributed by atoms with Crippen LogP contribution in [-0.2, 0) is 26.7 Å². The van der Waals surface area contributed by atoms with Crippen molar-refractivity contribution >= 4 is 22.4 Å². The molecule has 10 heteroatoms. The Balaban J connectivity index is 0.00000264. The zero-order valence-electron chi connectivity index (χ0n) is 12.1. The molecule has 0 bridgehead atoms. The number of halogens is 4. The number of ether oxygens (including phenoxy) is 1. The number of sulfonamides is 1. The third kappa shape index (κ3) is 5.05. The van der Waals surface area contributed by atoms with E-state index in [-0.39, 0.29) is 44.2 Å². The number of rotatable bonds is 4. The van der Waals surface area contributed by atoms with Crippen molar-refractivity contribution in [1.29, 1.82) is 0 Å². The van der Waals surface area contributed by atoms with Crippen molar-refractivity contribution in [3.63, 3.8) is 0 Å². The monoisotopic (exact) mass is 374 g/mol. The molecule has 2 rings (SSSR count). The van der Waals surface area contributed by atoms with Gasteiger partial charge in [0.2, 0.25) is 10.0 Å². The van der Waals surface area contributed by atoms with E-state index in [0.29, 0.717) is 0 Å². The van der Waals surface area contributed by atoms with E-state index in [4.69, 9.17) is 10.5 Å². The molecular weight excluding hydrogens is 357 g/mol. The van der Waals surface area contributed by atoms with Crippen molar-refractivity contribution in [3.8, 4) is 0 Å². The highest BCUT2D eigenvalue weighted by Crippen LogP contribution is 2.33. The summed E-state index contributed by atoms with van der Waals surface area (Å²) in [6, 6.07) is 4.69. The summed E-state index contributed by atoms with van der Waals surface area (Å²) in [5.74, 6) is -0.694. The number of hydrogen-bond acceptors (Lipinski definition) is 4. The van der Waals surface area contributed by atoms with Gasteiger partial charge in [-0.1, -0.05) is 18.2 Å². The summed E-state index contributed by atoms with van der Waals surface area (Å²) < 4.78 is 69.9. The fraction of sp³-hybridized carbons (Fsp3) is 0.538. The molecule has 0 aliphatic carbocycles. The Kier molecular flexibility index (Phi) is 6.84. The summed E-state index contributed by atoms with van der Waals surface area (Å²) in [5.41, 5.74) is 4.26. The highest BCUT2D eigenvalue weighted by molar-refractivity contribution is 7.88. The van der Waals surface area contributed by atoms with Crippen molar-refractivity contribution in [3.05, 3.63) is 35.4 Å². The van der Waals surface area contributed by atoms with Crippen molar-refractivity contribution < 1.29 is 26.3 Å². The Labute approximate surface area is 139 Å². The molecule has 1 aromatic rings. The predicted octanol–water partition coefficient (Wildman–Crippen LogP) is 1.62. The third-order valence-electron chi connectivity index (χ3n) is 3.42. The smallest absolute Gasteiger partial charge is 0.374 e. The Bertz CT molecular complexity index is 625. The molecule has 1 aliphatic rings. The number of hydrogen-bond donors (Lipinski definition) is 1. The summed E-state index contributed by atoms with van der Waals surface area (Å²) in [6.45, 7) is 0.521. The lowest BCUT2D eigenvalue weighted by Gasteiger charge is -2.31. The maximum absolute atomic E-state index is 12.9. The molecule has 1 unspecified atom stereocenters. The van der Waals surface area contributed by atoms with E-state index < -0.39 is 33.6 Å². The molecule has 1 atom stereocenters. The summed E-state index contributed by atoms with van der Waals surface area (Å²) >= 11 is 0. The number of nitrogens with zero attached hydrogens (tertiary/aromatic N) is 1. The number of nitrogens with two attached hydrogens (primary N) is 1. The first-order valence-corrected chi connectivity index (χ1v) is 8.29. The molecule has 1 heterocycles. The van der Waals surface area contributed by atoms with Gasteiger partial charge in [0.1, 0.15) is 0 Å². The van der Waals surface area contributed by atoms with E-state index in [1.165, 1.54) is 18.2 Å². The van der Waals surface area contributed by atoms with Gasteiger partial charge in [-0.05, 0) is 11.6 Å². The molecule has 23 heavy (non-hydrogen) atoms. The SMILES string of the molecule is Cl.NCC1CN(S(=O)(=O)Cc2ccccc2C(F)(F)F)CCO1. The molecule has 2 N–H and O–H groups in total. The largest absolute Gasteiger partial charge is 0.416 e. The van der Waals surface area contributed by atoms with Crippen molar-refractivity contribution in [1.82, 2.24) is 4.31 Å². The van der Waals surface area contributed by atoms with Gasteiger partial charge in [0.05, 0.1) is 24.0 Å². The molecule has 1 aromatic carbocycles. The van der Waals surface area contributed by atoms with E-state index >= 15 is 0 Å². The summed E-state index contributed by atoms with van der Waals surface area (Å²) in [5, 5.41) is 0. The molecule has 0 spiro atoms. The van der Waals surface area contributed by atoms with Crippen molar-refractivity contribution in [2.24, 2.45) is 5.73 Å². The topological polar surface area (TPSA) is 72.6 Å². The van der Waals surface area contributed by atoms with E-state index in [9.17, 15) is 21.6 Å². The quantitative estimate of drug-likeness (QED) is 0.869. The zero-order chi connectivity index (χ0) is 16.4. The predicted molar refractivity (Wildman–Crippen MR) is 81.7 cm³/mol. The van der Waals surface area contributed by atoms with E-state index in [1.807, 2.05) is 0 Å². The van der Waals surface area contributed by atoms with Gasteiger partial charge >= 0.3 is 6.18 Å². The molecule has 1 fully saturated rings. The number of benzene rings is 1. The van der Waals surface area contributed by atoms with Crippen LogP contribution in [0.4, 0.5) is 13.2 Å². The lowest BCUT2D eigenvalue weighted by atomic mass is 10.1. The van der Waals surface area contributed by atoms with Crippen LogP contribution < -0.4 is 5.73 Å². The van der Waals surface area contributed by atoms with Crippen molar-refractivity contribution in [2.75, 3.05) is 26.2 Å². The molecule has 132 valence electrons. The van der Waals surface area contributed by atoms with Gasteiger partial charge < -0.3 is 10.5 Å². The molecule has 5 nitrogen and oxygen atoms in total. The highest BCUT2D eigenvalue weighted by Gasteiger charge is 2.36. The van der Waals surface area contributed by atoms with Crippen LogP contribution in [-0.4, -0.2) is 45.1 Å². The van der Waals surface area contributed by atoms with Gasteiger partial charge in [-0.3, -0.25) is 0 Å². The van der Waals surface area contributed by atoms with Gasteiger partial charge in [0.25, 0.3) is 0 Å². The van der Waals surface area contributed by atoms with Gasteiger partial charge in [-0.25, -0.2) is 8.42 Å². The molecule has 0 saturated carbocycles. The maximum atomic E-state index is 12.9. The number of alkyl halides is 3. The Morgan fingerprint density at radius 2 is 1.96 bits per heavy atom. The van der Waals surface area contributed by atoms with Gasteiger partial charge in [-0.2, -0.15) is 17.5 Å². The van der Waals surface area contributed by atoms with E-state index in [1.54, 1.807) is 0 Å². The second kappa shape index (κ2) is 7.80. The molecule has 1 saturated heterocycles. The van der Waals surface area contributed by atoms with Crippen LogP contribution in [0.25, 0.3) is 0 Å². The molecular formula is C13H18ClF3N2O3S. The molecule has 0 aromatic heterocycles. The van der Waals surface area contributed by atoms with Crippen LogP contribution in [0.15, 0.2) is 24.3 Å². The maximum Gasteiger partial charge on any atom is 0.416 e. The molecule has 1 aliphatic heterocycles. The second-order valence-electron chi connectivity index (χ2n) is 5.00. The lowest BCUT2D eigenvalue weighted by molar-refractivity contribution is -0.138. The first kappa shape index (κ1) is 20.2. The van der Waals surface area contributed by atoms with Crippen LogP contribution >= 0.6 is 12.4 Å². The van der Waals surface area contributed by atoms with Gasteiger partial charge in [0, 0.05) is 19.6 Å². The standard InChI is InChI=1S/C13H17F3N2O3S.ClH/c14-13(15,16)12-4-2-1-3-10(12)9-22(19,20)18-5-6-21-11(7-17)8-18;/h1-4,11H,5-9,17H2;1H. The Hall–Kier alpha value is -0.870.